The van der Waals surface area contributed by atoms with Crippen molar-refractivity contribution in [3.63, 3.8) is 0 Å². The Kier molecular flexibility index (Phi) is 4.14. The Morgan fingerprint density at radius 3 is 3.20 bits per heavy atom. The van der Waals surface area contributed by atoms with Crippen LogP contribution < -0.4 is 10.2 Å². The number of fused-ring (bicyclic) bond motifs is 1. The van der Waals surface area contributed by atoms with Gasteiger partial charge in [-0.25, -0.2) is 9.97 Å². The smallest absolute Gasteiger partial charge is 0.141 e. The van der Waals surface area contributed by atoms with Crippen LogP contribution in [0.5, 0.6) is 0 Å². The maximum Gasteiger partial charge on any atom is 0.141 e. The molecule has 1 atom stereocenters. The van der Waals surface area contributed by atoms with Gasteiger partial charge in [0.2, 0.25) is 0 Å². The van der Waals surface area contributed by atoms with Crippen LogP contribution >= 0.6 is 11.3 Å². The Morgan fingerprint density at radius 1 is 1.50 bits per heavy atom. The van der Waals surface area contributed by atoms with Gasteiger partial charge in [0.15, 0.2) is 0 Å². The van der Waals surface area contributed by atoms with Crippen LogP contribution in [0.25, 0.3) is 10.2 Å². The fraction of sp³-hybridized carbons (Fsp3) is 0.571. The second-order valence-corrected chi connectivity index (χ2v) is 5.86. The van der Waals surface area contributed by atoms with Gasteiger partial charge in [-0.15, -0.1) is 11.3 Å². The lowest BCUT2D eigenvalue weighted by Crippen LogP contribution is -2.53. The molecule has 5 nitrogen and oxygen atoms in total. The van der Waals surface area contributed by atoms with Crippen molar-refractivity contribution in [2.45, 2.75) is 19.4 Å². The van der Waals surface area contributed by atoms with Gasteiger partial charge in [-0.2, -0.15) is 0 Å². The first-order chi connectivity index (χ1) is 9.83. The van der Waals surface area contributed by atoms with Crippen LogP contribution in [0, 0.1) is 0 Å². The molecule has 0 aromatic carbocycles. The highest BCUT2D eigenvalue weighted by Crippen LogP contribution is 2.29. The number of nitrogens with zero attached hydrogens (tertiary/aromatic N) is 3. The van der Waals surface area contributed by atoms with E-state index < -0.39 is 0 Å². The molecule has 0 spiro atoms. The lowest BCUT2D eigenvalue weighted by Gasteiger charge is -2.37. The first-order valence-electron chi connectivity index (χ1n) is 7.04. The summed E-state index contributed by atoms with van der Waals surface area (Å²) < 4.78 is 5.36. The summed E-state index contributed by atoms with van der Waals surface area (Å²) in [6.07, 6.45) is 0.863. The quantitative estimate of drug-likeness (QED) is 0.929. The number of nitrogens with one attached hydrogen (secondary N) is 1. The molecule has 1 aliphatic rings. The summed E-state index contributed by atoms with van der Waals surface area (Å²) in [6.45, 7) is 5.69. The summed E-state index contributed by atoms with van der Waals surface area (Å²) in [5, 5.41) is 6.68. The summed E-state index contributed by atoms with van der Waals surface area (Å²) in [4.78, 5) is 12.9. The van der Waals surface area contributed by atoms with Crippen molar-refractivity contribution in [1.29, 1.82) is 0 Å². The van der Waals surface area contributed by atoms with Crippen LogP contribution in [-0.2, 0) is 11.2 Å². The molecular weight excluding hydrogens is 272 g/mol. The highest BCUT2D eigenvalue weighted by Gasteiger charge is 2.25. The van der Waals surface area contributed by atoms with Crippen LogP contribution in [0.3, 0.4) is 0 Å². The first-order valence-corrected chi connectivity index (χ1v) is 7.92. The number of aromatic nitrogens is 2. The molecule has 1 fully saturated rings. The average molecular weight is 292 g/mol. The zero-order chi connectivity index (χ0) is 13.9. The third kappa shape index (κ3) is 2.51. The van der Waals surface area contributed by atoms with Crippen molar-refractivity contribution in [1.82, 2.24) is 15.3 Å². The number of ether oxygens (including phenoxy) is 1. The molecule has 1 saturated heterocycles. The molecule has 1 N–H and O–H groups in total. The van der Waals surface area contributed by atoms with Crippen molar-refractivity contribution < 1.29 is 4.74 Å². The molecule has 0 aliphatic carbocycles. The van der Waals surface area contributed by atoms with Crippen molar-refractivity contribution in [3.05, 3.63) is 17.3 Å². The zero-order valence-electron chi connectivity index (χ0n) is 11.9. The van der Waals surface area contributed by atoms with E-state index in [0.717, 1.165) is 47.9 Å². The molecule has 0 saturated carbocycles. The fourth-order valence-corrected chi connectivity index (χ4v) is 3.42. The largest absolute Gasteiger partial charge is 0.383 e. The minimum absolute atomic E-state index is 0.330. The van der Waals surface area contributed by atoms with Gasteiger partial charge in [-0.05, 0) is 11.4 Å². The number of thiophene rings is 1. The van der Waals surface area contributed by atoms with E-state index in [1.54, 1.807) is 18.4 Å². The van der Waals surface area contributed by atoms with Gasteiger partial charge in [-0.1, -0.05) is 6.92 Å². The van der Waals surface area contributed by atoms with Gasteiger partial charge in [0.05, 0.1) is 18.0 Å². The number of rotatable bonds is 4. The zero-order valence-corrected chi connectivity index (χ0v) is 12.7. The van der Waals surface area contributed by atoms with Crippen LogP contribution in [0.4, 0.5) is 5.82 Å². The Bertz CT molecular complexity index is 584. The number of aryl methyl sites for hydroxylation is 1. The fourth-order valence-electron chi connectivity index (χ4n) is 2.64. The van der Waals surface area contributed by atoms with E-state index in [-0.39, 0.29) is 0 Å². The first kappa shape index (κ1) is 13.7. The standard InChI is InChI=1S/C14H20N4OS/c1-3-12-16-13(11-4-7-20-14(11)17-12)18-6-5-15-8-10(18)9-19-2/h4,7,10,15H,3,5-6,8-9H2,1-2H3. The summed E-state index contributed by atoms with van der Waals surface area (Å²) in [5.74, 6) is 1.99. The Balaban J connectivity index is 2.04. The Morgan fingerprint density at radius 2 is 2.40 bits per heavy atom. The SMILES string of the molecule is CCc1nc(N2CCNCC2COC)c2ccsc2n1. The van der Waals surface area contributed by atoms with E-state index in [2.05, 4.69) is 33.6 Å². The van der Waals surface area contributed by atoms with Gasteiger partial charge in [0.25, 0.3) is 0 Å². The summed E-state index contributed by atoms with van der Waals surface area (Å²) in [6, 6.07) is 2.46. The third-order valence-corrected chi connectivity index (χ3v) is 4.46. The van der Waals surface area contributed by atoms with E-state index in [0.29, 0.717) is 12.6 Å². The van der Waals surface area contributed by atoms with Gasteiger partial charge in [0, 0.05) is 33.2 Å². The molecule has 2 aromatic rings. The number of piperazine rings is 1. The van der Waals surface area contributed by atoms with E-state index in [1.165, 1.54) is 0 Å². The normalized spacial score (nSPS) is 19.7. The third-order valence-electron chi connectivity index (χ3n) is 3.65. The van der Waals surface area contributed by atoms with Crippen molar-refractivity contribution in [3.8, 4) is 0 Å². The number of methoxy groups -OCH3 is 1. The highest BCUT2D eigenvalue weighted by molar-refractivity contribution is 7.16. The molecule has 3 heterocycles. The summed E-state index contributed by atoms with van der Waals surface area (Å²) in [5.41, 5.74) is 0. The topological polar surface area (TPSA) is 50.3 Å². The monoisotopic (exact) mass is 292 g/mol. The van der Waals surface area contributed by atoms with Crippen LogP contribution in [0.15, 0.2) is 11.4 Å². The van der Waals surface area contributed by atoms with Crippen molar-refractivity contribution >= 4 is 27.4 Å². The maximum atomic E-state index is 5.36. The molecule has 20 heavy (non-hydrogen) atoms. The number of anilines is 1. The molecule has 0 amide bonds. The second kappa shape index (κ2) is 6.03. The van der Waals surface area contributed by atoms with Crippen molar-refractivity contribution in [2.24, 2.45) is 0 Å². The number of hydrogen-bond acceptors (Lipinski definition) is 6. The lowest BCUT2D eigenvalue weighted by atomic mass is 10.2. The van der Waals surface area contributed by atoms with Crippen LogP contribution in [0.1, 0.15) is 12.7 Å². The molecule has 1 aliphatic heterocycles. The molecule has 6 heteroatoms. The number of hydrogen-bond donors (Lipinski definition) is 1. The van der Waals surface area contributed by atoms with Crippen LogP contribution in [-0.4, -0.2) is 49.4 Å². The molecule has 0 bridgehead atoms. The minimum atomic E-state index is 0.330. The summed E-state index contributed by atoms with van der Waals surface area (Å²) >= 11 is 1.68. The second-order valence-electron chi connectivity index (χ2n) is 4.96. The molecule has 108 valence electrons. The van der Waals surface area contributed by atoms with E-state index >= 15 is 0 Å². The summed E-state index contributed by atoms with van der Waals surface area (Å²) in [7, 11) is 1.75. The van der Waals surface area contributed by atoms with E-state index in [9.17, 15) is 0 Å². The molecular formula is C14H20N4OS. The van der Waals surface area contributed by atoms with Gasteiger partial charge < -0.3 is 15.0 Å². The predicted octanol–water partition coefficient (Wildman–Crippen LogP) is 1.68. The van der Waals surface area contributed by atoms with Gasteiger partial charge in [-0.3, -0.25) is 0 Å². The minimum Gasteiger partial charge on any atom is -0.383 e. The molecule has 0 radical (unpaired) electrons. The van der Waals surface area contributed by atoms with E-state index in [4.69, 9.17) is 9.72 Å². The Labute approximate surface area is 123 Å². The molecule has 2 aromatic heterocycles. The highest BCUT2D eigenvalue weighted by atomic mass is 32.1. The Hall–Kier alpha value is -1.24. The maximum absolute atomic E-state index is 5.36. The van der Waals surface area contributed by atoms with Crippen molar-refractivity contribution in [2.75, 3.05) is 38.3 Å². The lowest BCUT2D eigenvalue weighted by molar-refractivity contribution is 0.170. The predicted molar refractivity (Wildman–Crippen MR) is 82.7 cm³/mol. The van der Waals surface area contributed by atoms with E-state index in [1.807, 2.05) is 0 Å². The van der Waals surface area contributed by atoms with Crippen LogP contribution in [0.2, 0.25) is 0 Å². The van der Waals surface area contributed by atoms with Gasteiger partial charge >= 0.3 is 0 Å². The molecule has 1 unspecified atom stereocenters. The average Bonchev–Trinajstić information content (AvgIpc) is 2.95. The van der Waals surface area contributed by atoms with Gasteiger partial charge in [0.1, 0.15) is 16.5 Å². The molecule has 3 rings (SSSR count).